The highest BCUT2D eigenvalue weighted by molar-refractivity contribution is 6.56. The zero-order chi connectivity index (χ0) is 19.2. The van der Waals surface area contributed by atoms with Crippen LogP contribution in [-0.4, -0.2) is 28.1 Å². The van der Waals surface area contributed by atoms with Gasteiger partial charge in [0.25, 0.3) is 0 Å². The van der Waals surface area contributed by atoms with Gasteiger partial charge in [-0.1, -0.05) is 58.0 Å². The van der Waals surface area contributed by atoms with Gasteiger partial charge in [-0.15, -0.1) is 0 Å². The molecular weight excluding hydrogens is 453 g/mol. The van der Waals surface area contributed by atoms with Crippen LogP contribution in [0.25, 0.3) is 0 Å². The molecular formula is C12H6Cl6O6. The molecule has 0 amide bonds. The quantitative estimate of drug-likeness (QED) is 0.359. The number of carbonyl (C=O) groups is 3. The molecule has 6 nitrogen and oxygen atoms in total. The Hall–Kier alpha value is -0.890. The molecule has 1 aromatic carbocycles. The number of carboxylic acid groups (broad SMARTS) is 2. The lowest BCUT2D eigenvalue weighted by atomic mass is 10.2. The minimum Gasteiger partial charge on any atom is -0.478 e. The molecule has 0 aliphatic carbocycles. The topological polar surface area (TPSA) is 101 Å². The molecule has 0 aromatic heterocycles. The molecule has 24 heavy (non-hydrogen) atoms. The van der Waals surface area contributed by atoms with Gasteiger partial charge in [-0.2, -0.15) is 0 Å². The number of hydrogen-bond acceptors (Lipinski definition) is 4. The number of benzene rings is 1. The first-order chi connectivity index (χ1) is 10.9. The number of carboxylic acids is 2. The van der Waals surface area contributed by atoms with Crippen LogP contribution in [0.1, 0.15) is 17.3 Å². The van der Waals surface area contributed by atoms with Crippen molar-refractivity contribution in [2.24, 2.45) is 0 Å². The Bertz CT molecular complexity index is 685. The van der Waals surface area contributed by atoms with E-state index in [4.69, 9.17) is 80.1 Å². The van der Waals surface area contributed by atoms with Crippen molar-refractivity contribution in [3.63, 3.8) is 0 Å². The Morgan fingerprint density at radius 2 is 1.25 bits per heavy atom. The Kier molecular flexibility index (Phi) is 9.80. The second-order valence-electron chi connectivity index (χ2n) is 3.78. The minimum atomic E-state index is -1.24. The lowest BCUT2D eigenvalue weighted by molar-refractivity contribution is -0.135. The van der Waals surface area contributed by atoms with E-state index in [0.717, 1.165) is 0 Å². The zero-order valence-electron chi connectivity index (χ0n) is 11.4. The molecule has 0 atom stereocenters. The van der Waals surface area contributed by atoms with E-state index in [-0.39, 0.29) is 36.2 Å². The first-order valence-corrected chi connectivity index (χ1v) is 7.64. The van der Waals surface area contributed by atoms with E-state index < -0.39 is 17.9 Å². The van der Waals surface area contributed by atoms with Gasteiger partial charge in [0.15, 0.2) is 0 Å². The van der Waals surface area contributed by atoms with Gasteiger partial charge in [-0.05, 0) is 6.92 Å². The van der Waals surface area contributed by atoms with E-state index in [0.29, 0.717) is 6.08 Å². The summed E-state index contributed by atoms with van der Waals surface area (Å²) < 4.78 is 3.95. The molecule has 12 heteroatoms. The van der Waals surface area contributed by atoms with Crippen molar-refractivity contribution in [2.75, 3.05) is 0 Å². The molecule has 0 saturated heterocycles. The van der Waals surface area contributed by atoms with E-state index >= 15 is 0 Å². The van der Waals surface area contributed by atoms with Crippen LogP contribution in [0.5, 0.6) is 0 Å². The van der Waals surface area contributed by atoms with Gasteiger partial charge in [-0.3, -0.25) is 0 Å². The first-order valence-electron chi connectivity index (χ1n) is 5.44. The highest BCUT2D eigenvalue weighted by Crippen LogP contribution is 2.44. The average Bonchev–Trinajstić information content (AvgIpc) is 2.50. The van der Waals surface area contributed by atoms with Crippen LogP contribution in [0.3, 0.4) is 0 Å². The molecule has 0 bridgehead atoms. The molecule has 132 valence electrons. The Morgan fingerprint density at radius 1 is 0.875 bits per heavy atom. The van der Waals surface area contributed by atoms with Crippen LogP contribution in [0.2, 0.25) is 25.1 Å². The Labute approximate surface area is 165 Å². The summed E-state index contributed by atoms with van der Waals surface area (Å²) in [6.07, 6.45) is 0.641. The van der Waals surface area contributed by atoms with Gasteiger partial charge in [0.1, 0.15) is 17.4 Å². The number of rotatable bonds is 3. The summed E-state index contributed by atoms with van der Waals surface area (Å²) in [7, 11) is 0. The molecule has 0 radical (unpaired) electrons. The predicted molar refractivity (Wildman–Crippen MR) is 91.8 cm³/mol. The van der Waals surface area contributed by atoms with Crippen LogP contribution in [-0.2, 0) is 13.9 Å². The molecule has 0 heterocycles. The van der Waals surface area contributed by atoms with Crippen LogP contribution < -0.4 is 0 Å². The molecule has 0 unspecified atom stereocenters. The summed E-state index contributed by atoms with van der Waals surface area (Å²) in [6.45, 7) is 1.22. The molecule has 1 rings (SSSR count). The van der Waals surface area contributed by atoms with Crippen LogP contribution in [0.4, 0.5) is 0 Å². The Morgan fingerprint density at radius 3 is 1.50 bits per heavy atom. The molecule has 0 spiro atoms. The highest BCUT2D eigenvalue weighted by Gasteiger charge is 2.24. The van der Waals surface area contributed by atoms with Gasteiger partial charge >= 0.3 is 17.9 Å². The lowest BCUT2D eigenvalue weighted by Gasteiger charge is -2.09. The maximum atomic E-state index is 11.2. The molecule has 1 aromatic rings. The van der Waals surface area contributed by atoms with Crippen molar-refractivity contribution in [3.8, 4) is 0 Å². The first kappa shape index (κ1) is 23.1. The average molecular weight is 459 g/mol. The maximum Gasteiger partial charge on any atom is 0.359 e. The van der Waals surface area contributed by atoms with Crippen LogP contribution in [0.15, 0.2) is 11.6 Å². The lowest BCUT2D eigenvalue weighted by Crippen LogP contribution is -2.02. The number of carbonyl (C=O) groups excluding carboxylic acids is 1. The fourth-order valence-corrected chi connectivity index (χ4v) is 2.44. The third-order valence-electron chi connectivity index (χ3n) is 2.16. The second kappa shape index (κ2) is 10.2. The molecule has 0 aliphatic rings. The number of halogens is 6. The summed E-state index contributed by atoms with van der Waals surface area (Å²) in [6, 6.07) is 0. The smallest absolute Gasteiger partial charge is 0.359 e. The van der Waals surface area contributed by atoms with E-state index in [1.165, 1.54) is 6.92 Å². The number of hydrogen-bond donors (Lipinski definition) is 2. The van der Waals surface area contributed by atoms with Crippen molar-refractivity contribution < 1.29 is 28.9 Å². The fourth-order valence-electron chi connectivity index (χ4n) is 1.07. The monoisotopic (exact) mass is 456 g/mol. The van der Waals surface area contributed by atoms with Gasteiger partial charge in [0.05, 0.1) is 25.1 Å². The van der Waals surface area contributed by atoms with Gasteiger partial charge < -0.3 is 14.5 Å². The van der Waals surface area contributed by atoms with Gasteiger partial charge in [0, 0.05) is 11.6 Å². The summed E-state index contributed by atoms with van der Waals surface area (Å²) in [5, 5.41) is 15.5. The maximum absolute atomic E-state index is 11.2. The van der Waals surface area contributed by atoms with Crippen molar-refractivity contribution in [3.05, 3.63) is 42.3 Å². The number of aliphatic carboxylic acids is 2. The summed E-state index contributed by atoms with van der Waals surface area (Å²) in [5.41, 5.74) is -0.407. The van der Waals surface area contributed by atoms with Gasteiger partial charge in [0.2, 0.25) is 0 Å². The van der Waals surface area contributed by atoms with Crippen molar-refractivity contribution in [2.45, 2.75) is 6.92 Å². The minimum absolute atomic E-state index is 0.0422. The van der Waals surface area contributed by atoms with Crippen LogP contribution >= 0.6 is 69.9 Å². The summed E-state index contributed by atoms with van der Waals surface area (Å²) in [5.74, 6) is -3.42. The summed E-state index contributed by atoms with van der Waals surface area (Å²) in [4.78, 5) is 30.9. The molecule has 0 fully saturated rings. The van der Waals surface area contributed by atoms with E-state index in [1.807, 2.05) is 0 Å². The largest absolute Gasteiger partial charge is 0.478 e. The van der Waals surface area contributed by atoms with Crippen molar-refractivity contribution >= 4 is 87.8 Å². The van der Waals surface area contributed by atoms with Crippen LogP contribution in [0, 0.1) is 0 Å². The standard InChI is InChI=1S/C7Cl6O2.C5H6O4/c8-2-1(7(14)15-13)3(9)5(11)6(12)4(2)10;1-3(5(8)9)2-4(6)7/h;2H,1H3,(H,6,7)(H,8,9)/b;3-2-. The van der Waals surface area contributed by atoms with E-state index in [2.05, 4.69) is 4.29 Å². The summed E-state index contributed by atoms with van der Waals surface area (Å²) >= 11 is 33.4. The molecule has 2 N–H and O–H groups in total. The predicted octanol–water partition coefficient (Wildman–Crippen LogP) is 5.37. The van der Waals surface area contributed by atoms with E-state index in [9.17, 15) is 14.4 Å². The fraction of sp³-hybridized carbons (Fsp3) is 0.0833. The highest BCUT2D eigenvalue weighted by atomic mass is 35.5. The third kappa shape index (κ3) is 6.20. The second-order valence-corrected chi connectivity index (χ2v) is 5.82. The Balaban J connectivity index is 0.000000506. The normalized spacial score (nSPS) is 10.5. The van der Waals surface area contributed by atoms with Crippen molar-refractivity contribution in [1.29, 1.82) is 0 Å². The zero-order valence-corrected chi connectivity index (χ0v) is 15.9. The van der Waals surface area contributed by atoms with Crippen molar-refractivity contribution in [1.82, 2.24) is 0 Å². The molecule has 0 aliphatic heterocycles. The molecule has 0 saturated carbocycles. The SMILES string of the molecule is C/C(=C/C(=O)O)C(=O)O.O=C(OCl)c1c(Cl)c(Cl)c(Cl)c(Cl)c1Cl. The van der Waals surface area contributed by atoms with E-state index in [1.54, 1.807) is 0 Å². The third-order valence-corrected chi connectivity index (χ3v) is 4.58. The van der Waals surface area contributed by atoms with Gasteiger partial charge in [-0.25, -0.2) is 14.4 Å².